The Kier molecular flexibility index (Phi) is 2.75. The monoisotopic (exact) mass is 229 g/mol. The molecule has 3 rings (SSSR count). The van der Waals surface area contributed by atoms with Crippen molar-refractivity contribution in [3.8, 4) is 5.82 Å². The average molecular weight is 229 g/mol. The SMILES string of the molecule is c1cc(N2CCNCC2)nc(-n2ccnc2)c1. The highest BCUT2D eigenvalue weighted by atomic mass is 15.2. The van der Waals surface area contributed by atoms with Crippen LogP contribution in [0.1, 0.15) is 0 Å². The quantitative estimate of drug-likeness (QED) is 0.822. The summed E-state index contributed by atoms with van der Waals surface area (Å²) in [6.45, 7) is 4.08. The fourth-order valence-electron chi connectivity index (χ4n) is 2.02. The Bertz CT molecular complexity index is 473. The molecule has 1 N–H and O–H groups in total. The van der Waals surface area contributed by atoms with E-state index in [9.17, 15) is 0 Å². The van der Waals surface area contributed by atoms with Crippen LogP contribution in [0.3, 0.4) is 0 Å². The molecule has 1 fully saturated rings. The maximum Gasteiger partial charge on any atom is 0.140 e. The summed E-state index contributed by atoms with van der Waals surface area (Å²) in [7, 11) is 0. The Hall–Kier alpha value is -1.88. The first kappa shape index (κ1) is 10.3. The maximum absolute atomic E-state index is 4.66. The summed E-state index contributed by atoms with van der Waals surface area (Å²) in [6, 6.07) is 6.10. The van der Waals surface area contributed by atoms with E-state index in [1.807, 2.05) is 22.9 Å². The zero-order valence-electron chi connectivity index (χ0n) is 9.58. The molecule has 88 valence electrons. The van der Waals surface area contributed by atoms with Gasteiger partial charge in [-0.1, -0.05) is 6.07 Å². The van der Waals surface area contributed by atoms with Crippen LogP contribution < -0.4 is 10.2 Å². The number of nitrogens with zero attached hydrogens (tertiary/aromatic N) is 4. The molecule has 0 atom stereocenters. The fourth-order valence-corrected chi connectivity index (χ4v) is 2.02. The van der Waals surface area contributed by atoms with Crippen molar-refractivity contribution >= 4 is 5.82 Å². The Labute approximate surface area is 100 Å². The van der Waals surface area contributed by atoms with Gasteiger partial charge in [-0.15, -0.1) is 0 Å². The summed E-state index contributed by atoms with van der Waals surface area (Å²) in [4.78, 5) is 11.0. The van der Waals surface area contributed by atoms with Gasteiger partial charge in [-0.2, -0.15) is 0 Å². The first-order valence-electron chi connectivity index (χ1n) is 5.84. The maximum atomic E-state index is 4.66. The second-order valence-electron chi connectivity index (χ2n) is 4.06. The molecule has 0 unspecified atom stereocenters. The third-order valence-corrected chi connectivity index (χ3v) is 2.93. The van der Waals surface area contributed by atoms with Gasteiger partial charge in [0.25, 0.3) is 0 Å². The van der Waals surface area contributed by atoms with Crippen molar-refractivity contribution in [1.29, 1.82) is 0 Å². The highest BCUT2D eigenvalue weighted by Gasteiger charge is 2.11. The predicted molar refractivity (Wildman–Crippen MR) is 66.4 cm³/mol. The number of nitrogens with one attached hydrogen (secondary N) is 1. The van der Waals surface area contributed by atoms with E-state index >= 15 is 0 Å². The van der Waals surface area contributed by atoms with Crippen LogP contribution in [0.4, 0.5) is 5.82 Å². The van der Waals surface area contributed by atoms with Crippen molar-refractivity contribution in [2.45, 2.75) is 0 Å². The topological polar surface area (TPSA) is 46.0 Å². The molecule has 5 nitrogen and oxygen atoms in total. The number of hydrogen-bond donors (Lipinski definition) is 1. The van der Waals surface area contributed by atoms with Gasteiger partial charge in [-0.3, -0.25) is 4.57 Å². The number of rotatable bonds is 2. The van der Waals surface area contributed by atoms with Gasteiger partial charge < -0.3 is 10.2 Å². The number of aromatic nitrogens is 3. The van der Waals surface area contributed by atoms with E-state index in [-0.39, 0.29) is 0 Å². The Morgan fingerprint density at radius 2 is 1.94 bits per heavy atom. The lowest BCUT2D eigenvalue weighted by atomic mass is 10.3. The lowest BCUT2D eigenvalue weighted by Gasteiger charge is -2.28. The van der Waals surface area contributed by atoms with Crippen LogP contribution in [0.2, 0.25) is 0 Å². The summed E-state index contributed by atoms with van der Waals surface area (Å²) in [5, 5.41) is 3.34. The van der Waals surface area contributed by atoms with Crippen LogP contribution in [0.5, 0.6) is 0 Å². The Morgan fingerprint density at radius 1 is 1.12 bits per heavy atom. The van der Waals surface area contributed by atoms with Gasteiger partial charge in [0.2, 0.25) is 0 Å². The number of anilines is 1. The minimum absolute atomic E-state index is 0.915. The average Bonchev–Trinajstić information content (AvgIpc) is 2.94. The molecule has 1 aliphatic rings. The Morgan fingerprint density at radius 3 is 2.71 bits per heavy atom. The van der Waals surface area contributed by atoms with Crippen molar-refractivity contribution in [2.24, 2.45) is 0 Å². The van der Waals surface area contributed by atoms with E-state index in [1.54, 1.807) is 12.5 Å². The molecule has 5 heteroatoms. The molecular weight excluding hydrogens is 214 g/mol. The molecule has 1 saturated heterocycles. The first-order chi connectivity index (χ1) is 8.43. The van der Waals surface area contributed by atoms with E-state index in [4.69, 9.17) is 0 Å². The highest BCUT2D eigenvalue weighted by molar-refractivity contribution is 5.43. The zero-order valence-corrected chi connectivity index (χ0v) is 9.58. The van der Waals surface area contributed by atoms with Crippen LogP contribution in [0.15, 0.2) is 36.9 Å². The predicted octanol–water partition coefficient (Wildman–Crippen LogP) is 0.677. The minimum Gasteiger partial charge on any atom is -0.354 e. The first-order valence-corrected chi connectivity index (χ1v) is 5.84. The van der Waals surface area contributed by atoms with Gasteiger partial charge in [-0.25, -0.2) is 9.97 Å². The summed E-state index contributed by atoms with van der Waals surface area (Å²) in [6.07, 6.45) is 5.44. The molecule has 0 aromatic carbocycles. The number of pyridine rings is 1. The van der Waals surface area contributed by atoms with Crippen molar-refractivity contribution in [3.63, 3.8) is 0 Å². The fraction of sp³-hybridized carbons (Fsp3) is 0.333. The molecule has 3 heterocycles. The third-order valence-electron chi connectivity index (χ3n) is 2.93. The van der Waals surface area contributed by atoms with Crippen molar-refractivity contribution in [2.75, 3.05) is 31.1 Å². The lowest BCUT2D eigenvalue weighted by Crippen LogP contribution is -2.43. The summed E-state index contributed by atoms with van der Waals surface area (Å²) in [5.74, 6) is 1.95. The van der Waals surface area contributed by atoms with E-state index in [1.165, 1.54) is 0 Å². The molecule has 0 bridgehead atoms. The van der Waals surface area contributed by atoms with Crippen molar-refractivity contribution < 1.29 is 0 Å². The van der Waals surface area contributed by atoms with Crippen LogP contribution >= 0.6 is 0 Å². The second-order valence-corrected chi connectivity index (χ2v) is 4.06. The zero-order chi connectivity index (χ0) is 11.5. The summed E-state index contributed by atoms with van der Waals surface area (Å²) in [5.41, 5.74) is 0. The van der Waals surface area contributed by atoms with Crippen LogP contribution in [0, 0.1) is 0 Å². The van der Waals surface area contributed by atoms with Gasteiger partial charge in [0.05, 0.1) is 0 Å². The van der Waals surface area contributed by atoms with E-state index in [0.717, 1.165) is 37.8 Å². The lowest BCUT2D eigenvalue weighted by molar-refractivity contribution is 0.584. The van der Waals surface area contributed by atoms with Gasteiger partial charge >= 0.3 is 0 Å². The third kappa shape index (κ3) is 2.14. The molecule has 2 aromatic rings. The van der Waals surface area contributed by atoms with Gasteiger partial charge in [0.1, 0.15) is 18.0 Å². The molecular formula is C12H15N5. The Balaban J connectivity index is 1.88. The van der Waals surface area contributed by atoms with Crippen LogP contribution in [-0.2, 0) is 0 Å². The molecule has 17 heavy (non-hydrogen) atoms. The standard InChI is InChI=1S/C12H15N5/c1-2-11(16-7-4-13-5-8-16)15-12(3-1)17-9-6-14-10-17/h1-3,6,9-10,13H,4-5,7-8H2. The molecule has 0 spiro atoms. The van der Waals surface area contributed by atoms with Gasteiger partial charge in [0, 0.05) is 38.6 Å². The number of hydrogen-bond acceptors (Lipinski definition) is 4. The normalized spacial score (nSPS) is 16.1. The number of piperazine rings is 1. The summed E-state index contributed by atoms with van der Waals surface area (Å²) < 4.78 is 1.92. The largest absolute Gasteiger partial charge is 0.354 e. The van der Waals surface area contributed by atoms with Crippen molar-refractivity contribution in [3.05, 3.63) is 36.9 Å². The molecule has 0 saturated carbocycles. The van der Waals surface area contributed by atoms with E-state index in [0.29, 0.717) is 0 Å². The van der Waals surface area contributed by atoms with Crippen LogP contribution in [0.25, 0.3) is 5.82 Å². The van der Waals surface area contributed by atoms with Gasteiger partial charge in [0.15, 0.2) is 0 Å². The van der Waals surface area contributed by atoms with Crippen molar-refractivity contribution in [1.82, 2.24) is 19.9 Å². The molecule has 0 amide bonds. The highest BCUT2D eigenvalue weighted by Crippen LogP contribution is 2.14. The molecule has 2 aromatic heterocycles. The smallest absolute Gasteiger partial charge is 0.140 e. The molecule has 0 aliphatic carbocycles. The van der Waals surface area contributed by atoms with E-state index < -0.39 is 0 Å². The molecule has 1 aliphatic heterocycles. The van der Waals surface area contributed by atoms with E-state index in [2.05, 4.69) is 26.3 Å². The second kappa shape index (κ2) is 4.55. The molecule has 0 radical (unpaired) electrons. The summed E-state index contributed by atoms with van der Waals surface area (Å²) >= 11 is 0. The van der Waals surface area contributed by atoms with Crippen LogP contribution in [-0.4, -0.2) is 40.7 Å². The number of imidazole rings is 1. The minimum atomic E-state index is 0.915. The van der Waals surface area contributed by atoms with Gasteiger partial charge in [-0.05, 0) is 12.1 Å².